The molecule has 0 unspecified atom stereocenters. The van der Waals surface area contributed by atoms with Crippen LogP contribution in [0.15, 0.2) is 48.5 Å². The third-order valence-electron chi connectivity index (χ3n) is 4.51. The van der Waals surface area contributed by atoms with Gasteiger partial charge in [0.05, 0.1) is 5.56 Å². The van der Waals surface area contributed by atoms with Gasteiger partial charge in [0.25, 0.3) is 0 Å². The lowest BCUT2D eigenvalue weighted by atomic mass is 10.0. The zero-order valence-electron chi connectivity index (χ0n) is 14.1. The fourth-order valence-electron chi connectivity index (χ4n) is 3.05. The van der Waals surface area contributed by atoms with Crippen LogP contribution in [-0.2, 0) is 4.74 Å². The monoisotopic (exact) mass is 327 g/mol. The summed E-state index contributed by atoms with van der Waals surface area (Å²) in [5.74, 6) is -0.583. The van der Waals surface area contributed by atoms with Crippen molar-refractivity contribution in [1.29, 1.82) is 0 Å². The van der Waals surface area contributed by atoms with Crippen molar-refractivity contribution < 1.29 is 13.9 Å². The number of nitrogens with zero attached hydrogens (tertiary/aromatic N) is 1. The molecular formula is C20H22FNO2. The van der Waals surface area contributed by atoms with Gasteiger partial charge in [-0.1, -0.05) is 24.3 Å². The second-order valence-corrected chi connectivity index (χ2v) is 6.61. The number of ether oxygens (including phenoxy) is 1. The average Bonchev–Trinajstić information content (AvgIpc) is 3.11. The summed E-state index contributed by atoms with van der Waals surface area (Å²) >= 11 is 0. The summed E-state index contributed by atoms with van der Waals surface area (Å²) in [6.45, 7) is 5.79. The number of likely N-dealkylation sites (tertiary alicyclic amines) is 1. The van der Waals surface area contributed by atoms with E-state index in [2.05, 4.69) is 4.90 Å². The summed E-state index contributed by atoms with van der Waals surface area (Å²) < 4.78 is 18.7. The van der Waals surface area contributed by atoms with E-state index in [0.29, 0.717) is 5.56 Å². The summed E-state index contributed by atoms with van der Waals surface area (Å²) in [6, 6.07) is 13.5. The number of halogens is 1. The van der Waals surface area contributed by atoms with Gasteiger partial charge >= 0.3 is 5.97 Å². The molecule has 0 atom stereocenters. The number of carbonyl (C=O) groups excluding carboxylic acids is 1. The van der Waals surface area contributed by atoms with E-state index in [4.69, 9.17) is 4.74 Å². The Balaban J connectivity index is 1.70. The van der Waals surface area contributed by atoms with Crippen LogP contribution < -0.4 is 0 Å². The Kier molecular flexibility index (Phi) is 4.67. The molecule has 4 heteroatoms. The third kappa shape index (κ3) is 3.65. The summed E-state index contributed by atoms with van der Waals surface area (Å²) in [6.07, 6.45) is 2.29. The Labute approximate surface area is 142 Å². The van der Waals surface area contributed by atoms with Gasteiger partial charge in [-0.2, -0.15) is 0 Å². The van der Waals surface area contributed by atoms with Gasteiger partial charge in [-0.15, -0.1) is 0 Å². The molecule has 0 aromatic heterocycles. The molecular weight excluding hydrogens is 305 g/mol. The van der Waals surface area contributed by atoms with Crippen molar-refractivity contribution in [2.75, 3.05) is 13.1 Å². The Bertz CT molecular complexity index is 701. The van der Waals surface area contributed by atoms with E-state index in [1.165, 1.54) is 12.1 Å². The van der Waals surface area contributed by atoms with Crippen LogP contribution >= 0.6 is 0 Å². The first-order valence-corrected chi connectivity index (χ1v) is 8.30. The molecule has 0 amide bonds. The molecule has 0 radical (unpaired) electrons. The Morgan fingerprint density at radius 2 is 1.46 bits per heavy atom. The van der Waals surface area contributed by atoms with E-state index in [1.54, 1.807) is 24.3 Å². The highest BCUT2D eigenvalue weighted by molar-refractivity contribution is 5.90. The maximum atomic E-state index is 13.0. The van der Waals surface area contributed by atoms with Crippen LogP contribution in [0.5, 0.6) is 0 Å². The molecule has 1 fully saturated rings. The molecule has 1 aliphatic rings. The van der Waals surface area contributed by atoms with Gasteiger partial charge in [-0.25, -0.2) is 9.18 Å². The average molecular weight is 327 g/mol. The summed E-state index contributed by atoms with van der Waals surface area (Å²) in [4.78, 5) is 14.6. The zero-order chi connectivity index (χ0) is 17.2. The minimum atomic E-state index is -0.594. The summed E-state index contributed by atoms with van der Waals surface area (Å²) in [5, 5.41) is 0. The molecule has 3 rings (SSSR count). The predicted molar refractivity (Wildman–Crippen MR) is 92.1 cm³/mol. The number of carbonyl (C=O) groups is 1. The van der Waals surface area contributed by atoms with Crippen LogP contribution in [0.2, 0.25) is 0 Å². The molecule has 1 saturated heterocycles. The van der Waals surface area contributed by atoms with E-state index < -0.39 is 5.72 Å². The van der Waals surface area contributed by atoms with Crippen LogP contribution in [0.1, 0.15) is 37.0 Å². The van der Waals surface area contributed by atoms with Crippen molar-refractivity contribution in [1.82, 2.24) is 4.90 Å². The molecule has 2 aromatic carbocycles. The lowest BCUT2D eigenvalue weighted by Gasteiger charge is -2.34. The SMILES string of the molecule is CC(C)(OC(=O)c1ccc(-c2ccc(F)cc2)cc1)N1CCCC1. The maximum absolute atomic E-state index is 13.0. The molecule has 0 spiro atoms. The van der Waals surface area contributed by atoms with Gasteiger partial charge in [0, 0.05) is 13.1 Å². The van der Waals surface area contributed by atoms with Gasteiger partial charge in [0.2, 0.25) is 0 Å². The highest BCUT2D eigenvalue weighted by Gasteiger charge is 2.32. The van der Waals surface area contributed by atoms with Crippen molar-refractivity contribution in [3.05, 3.63) is 59.9 Å². The fraction of sp³-hybridized carbons (Fsp3) is 0.350. The van der Waals surface area contributed by atoms with Crippen molar-refractivity contribution in [2.45, 2.75) is 32.4 Å². The van der Waals surface area contributed by atoms with Crippen LogP contribution in [0.4, 0.5) is 4.39 Å². The molecule has 0 bridgehead atoms. The fourth-order valence-corrected chi connectivity index (χ4v) is 3.05. The smallest absolute Gasteiger partial charge is 0.339 e. The van der Waals surface area contributed by atoms with Gasteiger partial charge < -0.3 is 4.74 Å². The number of hydrogen-bond donors (Lipinski definition) is 0. The predicted octanol–water partition coefficient (Wildman–Crippen LogP) is 4.48. The van der Waals surface area contributed by atoms with E-state index in [1.807, 2.05) is 26.0 Å². The molecule has 126 valence electrons. The molecule has 1 heterocycles. The molecule has 3 nitrogen and oxygen atoms in total. The number of hydrogen-bond acceptors (Lipinski definition) is 3. The second kappa shape index (κ2) is 6.73. The molecule has 1 aliphatic heterocycles. The second-order valence-electron chi connectivity index (χ2n) is 6.61. The maximum Gasteiger partial charge on any atom is 0.339 e. The van der Waals surface area contributed by atoms with Gasteiger partial charge in [0.1, 0.15) is 5.82 Å². The normalized spacial score (nSPS) is 15.5. The number of rotatable bonds is 4. The van der Waals surface area contributed by atoms with Gasteiger partial charge in [-0.05, 0) is 62.1 Å². The van der Waals surface area contributed by atoms with E-state index in [-0.39, 0.29) is 11.8 Å². The number of benzene rings is 2. The Hall–Kier alpha value is -2.20. The van der Waals surface area contributed by atoms with E-state index in [0.717, 1.165) is 37.1 Å². The lowest BCUT2D eigenvalue weighted by molar-refractivity contribution is -0.0846. The standard InChI is InChI=1S/C20H22FNO2/c1-20(2,22-13-3-4-14-22)24-19(23)17-7-5-15(6-8-17)16-9-11-18(21)12-10-16/h5-12H,3-4,13-14H2,1-2H3. The molecule has 2 aromatic rings. The minimum absolute atomic E-state index is 0.261. The van der Waals surface area contributed by atoms with Gasteiger partial charge in [-0.3, -0.25) is 4.90 Å². The zero-order valence-corrected chi connectivity index (χ0v) is 14.1. The first kappa shape index (κ1) is 16.7. The molecule has 0 aliphatic carbocycles. The largest absolute Gasteiger partial charge is 0.441 e. The highest BCUT2D eigenvalue weighted by atomic mass is 19.1. The minimum Gasteiger partial charge on any atom is -0.441 e. The van der Waals surface area contributed by atoms with E-state index >= 15 is 0 Å². The van der Waals surface area contributed by atoms with Crippen molar-refractivity contribution in [2.24, 2.45) is 0 Å². The molecule has 24 heavy (non-hydrogen) atoms. The Morgan fingerprint density at radius 1 is 0.958 bits per heavy atom. The van der Waals surface area contributed by atoms with Crippen molar-refractivity contribution in [3.63, 3.8) is 0 Å². The summed E-state index contributed by atoms with van der Waals surface area (Å²) in [7, 11) is 0. The highest BCUT2D eigenvalue weighted by Crippen LogP contribution is 2.25. The first-order valence-electron chi connectivity index (χ1n) is 8.30. The van der Waals surface area contributed by atoms with Crippen molar-refractivity contribution >= 4 is 5.97 Å². The molecule has 0 N–H and O–H groups in total. The number of esters is 1. The van der Waals surface area contributed by atoms with Crippen LogP contribution in [0.3, 0.4) is 0 Å². The van der Waals surface area contributed by atoms with Crippen LogP contribution in [0, 0.1) is 5.82 Å². The lowest BCUT2D eigenvalue weighted by Crippen LogP contribution is -2.45. The Morgan fingerprint density at radius 3 is 2.00 bits per heavy atom. The molecule has 0 saturated carbocycles. The van der Waals surface area contributed by atoms with Crippen molar-refractivity contribution in [3.8, 4) is 11.1 Å². The van der Waals surface area contributed by atoms with Crippen LogP contribution in [-0.4, -0.2) is 29.7 Å². The summed E-state index contributed by atoms with van der Waals surface area (Å²) in [5.41, 5.74) is 1.77. The first-order chi connectivity index (χ1) is 11.5. The quantitative estimate of drug-likeness (QED) is 0.775. The van der Waals surface area contributed by atoms with E-state index in [9.17, 15) is 9.18 Å². The topological polar surface area (TPSA) is 29.5 Å². The third-order valence-corrected chi connectivity index (χ3v) is 4.51. The van der Waals surface area contributed by atoms with Gasteiger partial charge in [0.15, 0.2) is 5.72 Å². The van der Waals surface area contributed by atoms with Crippen LogP contribution in [0.25, 0.3) is 11.1 Å².